The summed E-state index contributed by atoms with van der Waals surface area (Å²) in [4.78, 5) is 24.8. The van der Waals surface area contributed by atoms with Crippen molar-refractivity contribution in [2.45, 2.75) is 13.8 Å². The zero-order valence-electron chi connectivity index (χ0n) is 13.4. The van der Waals surface area contributed by atoms with Crippen LogP contribution in [0.5, 0.6) is 0 Å². The van der Waals surface area contributed by atoms with Crippen molar-refractivity contribution in [1.82, 2.24) is 0 Å². The molecule has 0 aliphatic heterocycles. The Balaban J connectivity index is 2.61. The molecule has 0 aliphatic rings. The van der Waals surface area contributed by atoms with Gasteiger partial charge in [-0.2, -0.15) is 0 Å². The number of benzene rings is 2. The number of hydrogen-bond donors (Lipinski definition) is 0. The van der Waals surface area contributed by atoms with Crippen LogP contribution in [0.15, 0.2) is 48.5 Å². The van der Waals surface area contributed by atoms with Crippen LogP contribution in [0.2, 0.25) is 0 Å². The minimum absolute atomic E-state index is 0.373. The second-order valence-corrected chi connectivity index (χ2v) is 8.10. The summed E-state index contributed by atoms with van der Waals surface area (Å²) in [5.41, 5.74) is 1.42. The van der Waals surface area contributed by atoms with Gasteiger partial charge >= 0.3 is 5.97 Å². The lowest BCUT2D eigenvalue weighted by atomic mass is 10.0. The van der Waals surface area contributed by atoms with Gasteiger partial charge in [-0.25, -0.2) is 0 Å². The number of rotatable bonds is 5. The van der Waals surface area contributed by atoms with Crippen molar-refractivity contribution < 1.29 is 18.9 Å². The topological polar surface area (TPSA) is 60.4 Å². The van der Waals surface area contributed by atoms with E-state index in [0.717, 1.165) is 11.1 Å². The van der Waals surface area contributed by atoms with Gasteiger partial charge in [0.15, 0.2) is 7.14 Å². The molecular weight excluding hydrogens is 311 g/mol. The number of methoxy groups -OCH3 is 1. The SMILES string of the molecule is COC(=O)CP(=O)(C(=O)c1c(C)cccc1C)c1ccccc1. The summed E-state index contributed by atoms with van der Waals surface area (Å²) in [6.07, 6.45) is -0.430. The lowest BCUT2D eigenvalue weighted by Crippen LogP contribution is -2.22. The number of carbonyl (C=O) groups excluding carboxylic acids is 2. The van der Waals surface area contributed by atoms with Crippen molar-refractivity contribution in [2.24, 2.45) is 0 Å². The molecule has 0 amide bonds. The molecule has 1 atom stereocenters. The normalized spacial score (nSPS) is 13.2. The van der Waals surface area contributed by atoms with E-state index < -0.39 is 24.8 Å². The summed E-state index contributed by atoms with van der Waals surface area (Å²) in [5, 5.41) is 0.373. The molecule has 0 aromatic heterocycles. The highest BCUT2D eigenvalue weighted by Gasteiger charge is 2.38. The fraction of sp³-hybridized carbons (Fsp3) is 0.222. The maximum atomic E-state index is 13.5. The van der Waals surface area contributed by atoms with Crippen LogP contribution in [0.25, 0.3) is 0 Å². The molecule has 2 aromatic carbocycles. The predicted octanol–water partition coefficient (Wildman–Crippen LogP) is 3.31. The number of carbonyl (C=O) groups is 2. The Hall–Kier alpha value is -2.19. The highest BCUT2D eigenvalue weighted by molar-refractivity contribution is 7.88. The van der Waals surface area contributed by atoms with Gasteiger partial charge in [0, 0.05) is 10.9 Å². The largest absolute Gasteiger partial charge is 0.469 e. The van der Waals surface area contributed by atoms with Crippen molar-refractivity contribution >= 4 is 23.9 Å². The fourth-order valence-corrected chi connectivity index (χ4v) is 4.95. The van der Waals surface area contributed by atoms with Crippen LogP contribution in [0, 0.1) is 13.8 Å². The maximum Gasteiger partial charge on any atom is 0.313 e. The van der Waals surface area contributed by atoms with E-state index in [2.05, 4.69) is 4.74 Å². The fourth-order valence-electron chi connectivity index (χ4n) is 2.53. The Morgan fingerprint density at radius 1 is 0.957 bits per heavy atom. The average molecular weight is 330 g/mol. The van der Waals surface area contributed by atoms with E-state index in [0.29, 0.717) is 10.9 Å². The summed E-state index contributed by atoms with van der Waals surface area (Å²) in [6.45, 7) is 3.60. The van der Waals surface area contributed by atoms with Gasteiger partial charge in [-0.1, -0.05) is 48.5 Å². The van der Waals surface area contributed by atoms with Crippen molar-refractivity contribution in [3.63, 3.8) is 0 Å². The molecule has 2 rings (SSSR count). The van der Waals surface area contributed by atoms with Crippen LogP contribution in [0.1, 0.15) is 21.5 Å². The standard InChI is InChI=1S/C18H19O4P/c1-13-8-7-9-14(2)17(13)18(20)23(21,12-16(19)22-3)15-10-5-4-6-11-15/h4-11H,12H2,1-3H3. The molecule has 0 saturated heterocycles. The van der Waals surface area contributed by atoms with E-state index >= 15 is 0 Å². The van der Waals surface area contributed by atoms with Gasteiger partial charge in [-0.15, -0.1) is 0 Å². The van der Waals surface area contributed by atoms with E-state index in [1.54, 1.807) is 56.3 Å². The van der Waals surface area contributed by atoms with Gasteiger partial charge in [-0.3, -0.25) is 9.59 Å². The lowest BCUT2D eigenvalue weighted by molar-refractivity contribution is -0.137. The van der Waals surface area contributed by atoms with E-state index in [-0.39, 0.29) is 0 Å². The van der Waals surface area contributed by atoms with E-state index in [4.69, 9.17) is 0 Å². The third-order valence-corrected chi connectivity index (χ3v) is 6.49. The first kappa shape index (κ1) is 17.2. The quantitative estimate of drug-likeness (QED) is 0.623. The van der Waals surface area contributed by atoms with Gasteiger partial charge in [-0.05, 0) is 25.0 Å². The zero-order chi connectivity index (χ0) is 17.0. The van der Waals surface area contributed by atoms with Crippen LogP contribution in [-0.2, 0) is 14.1 Å². The molecule has 2 aromatic rings. The van der Waals surface area contributed by atoms with Gasteiger partial charge in [0.1, 0.15) is 6.16 Å². The third-order valence-electron chi connectivity index (χ3n) is 3.78. The minimum Gasteiger partial charge on any atom is -0.469 e. The summed E-state index contributed by atoms with van der Waals surface area (Å²) < 4.78 is 18.2. The van der Waals surface area contributed by atoms with E-state index in [9.17, 15) is 14.2 Å². The zero-order valence-corrected chi connectivity index (χ0v) is 14.3. The summed E-state index contributed by atoms with van der Waals surface area (Å²) in [5.74, 6) is -0.656. The molecule has 4 nitrogen and oxygen atoms in total. The second-order valence-electron chi connectivity index (χ2n) is 5.38. The molecule has 0 aliphatic carbocycles. The Labute approximate surface area is 135 Å². The number of aryl methyl sites for hydroxylation is 2. The average Bonchev–Trinajstić information content (AvgIpc) is 2.55. The summed E-state index contributed by atoms with van der Waals surface area (Å²) in [7, 11) is -2.40. The highest BCUT2D eigenvalue weighted by Crippen LogP contribution is 2.48. The van der Waals surface area contributed by atoms with E-state index in [1.165, 1.54) is 7.11 Å². The molecule has 5 heteroatoms. The molecule has 120 valence electrons. The first-order valence-electron chi connectivity index (χ1n) is 7.22. The molecule has 0 fully saturated rings. The molecule has 0 bridgehead atoms. The molecular formula is C18H19O4P. The summed E-state index contributed by atoms with van der Waals surface area (Å²) >= 11 is 0. The number of ether oxygens (including phenoxy) is 1. The van der Waals surface area contributed by atoms with Gasteiger partial charge < -0.3 is 9.30 Å². The first-order valence-corrected chi connectivity index (χ1v) is 9.12. The molecule has 1 unspecified atom stereocenters. The van der Waals surface area contributed by atoms with Crippen molar-refractivity contribution in [3.05, 3.63) is 65.2 Å². The molecule has 0 N–H and O–H groups in total. The van der Waals surface area contributed by atoms with Gasteiger partial charge in [0.25, 0.3) is 0 Å². The third kappa shape index (κ3) is 3.43. The number of esters is 1. The first-order chi connectivity index (χ1) is 10.9. The molecule has 0 spiro atoms. The van der Waals surface area contributed by atoms with Crippen LogP contribution in [0.3, 0.4) is 0 Å². The van der Waals surface area contributed by atoms with Crippen molar-refractivity contribution in [2.75, 3.05) is 13.3 Å². The van der Waals surface area contributed by atoms with Gasteiger partial charge in [0.2, 0.25) is 5.52 Å². The molecule has 0 saturated carbocycles. The van der Waals surface area contributed by atoms with Crippen LogP contribution in [0.4, 0.5) is 0 Å². The minimum atomic E-state index is -3.62. The molecule has 23 heavy (non-hydrogen) atoms. The number of hydrogen-bond acceptors (Lipinski definition) is 4. The van der Waals surface area contributed by atoms with Crippen molar-refractivity contribution in [3.8, 4) is 0 Å². The monoisotopic (exact) mass is 330 g/mol. The van der Waals surface area contributed by atoms with Crippen molar-refractivity contribution in [1.29, 1.82) is 0 Å². The Kier molecular flexibility index (Phi) is 5.17. The molecule has 0 radical (unpaired) electrons. The Morgan fingerprint density at radius 3 is 2.04 bits per heavy atom. The second kappa shape index (κ2) is 6.93. The van der Waals surface area contributed by atoms with Crippen LogP contribution >= 0.6 is 7.14 Å². The predicted molar refractivity (Wildman–Crippen MR) is 90.8 cm³/mol. The smallest absolute Gasteiger partial charge is 0.313 e. The highest BCUT2D eigenvalue weighted by atomic mass is 31.2. The lowest BCUT2D eigenvalue weighted by Gasteiger charge is -2.18. The Morgan fingerprint density at radius 2 is 1.52 bits per heavy atom. The molecule has 0 heterocycles. The van der Waals surface area contributed by atoms with Crippen LogP contribution in [-0.4, -0.2) is 24.8 Å². The van der Waals surface area contributed by atoms with Gasteiger partial charge in [0.05, 0.1) is 7.11 Å². The van der Waals surface area contributed by atoms with E-state index in [1.807, 2.05) is 6.07 Å². The van der Waals surface area contributed by atoms with Crippen LogP contribution < -0.4 is 5.30 Å². The summed E-state index contributed by atoms with van der Waals surface area (Å²) in [6, 6.07) is 13.9. The Bertz CT molecular complexity index is 761. The maximum absolute atomic E-state index is 13.5.